The molecule has 0 unspecified atom stereocenters. The maximum atomic E-state index is 11.3. The molecule has 1 amide bonds. The summed E-state index contributed by atoms with van der Waals surface area (Å²) in [5, 5.41) is 16.7. The van der Waals surface area contributed by atoms with E-state index < -0.39 is 11.9 Å². The summed E-state index contributed by atoms with van der Waals surface area (Å²) >= 11 is 0. The molecule has 0 aliphatic rings. The predicted molar refractivity (Wildman–Crippen MR) is 112 cm³/mol. The molecule has 0 atom stereocenters. The van der Waals surface area contributed by atoms with Gasteiger partial charge in [-0.2, -0.15) is 0 Å². The molecular formula is C21H29N3O5. The fourth-order valence-electron chi connectivity index (χ4n) is 2.93. The molecule has 0 saturated carbocycles. The van der Waals surface area contributed by atoms with Crippen molar-refractivity contribution in [3.05, 3.63) is 47.7 Å². The molecule has 0 aliphatic carbocycles. The average molecular weight is 403 g/mol. The van der Waals surface area contributed by atoms with Gasteiger partial charge in [0.2, 0.25) is 5.91 Å². The minimum atomic E-state index is -1.26. The first kappa shape index (κ1) is 23.9. The van der Waals surface area contributed by atoms with Gasteiger partial charge in [0.15, 0.2) is 0 Å². The Morgan fingerprint density at radius 1 is 1.03 bits per heavy atom. The molecule has 0 spiro atoms. The summed E-state index contributed by atoms with van der Waals surface area (Å²) in [6.07, 6.45) is 6.51. The molecule has 0 radical (unpaired) electrons. The number of nitrogens with two attached hydrogens (primary N) is 1. The Bertz CT molecular complexity index is 835. The number of rotatable bonds is 10. The van der Waals surface area contributed by atoms with Crippen molar-refractivity contribution < 1.29 is 24.6 Å². The number of carboxylic acid groups (broad SMARTS) is 2. The Labute approximate surface area is 170 Å². The van der Waals surface area contributed by atoms with Gasteiger partial charge in [-0.25, -0.2) is 9.59 Å². The van der Waals surface area contributed by atoms with Gasteiger partial charge in [-0.05, 0) is 56.1 Å². The van der Waals surface area contributed by atoms with Crippen LogP contribution in [0, 0.1) is 0 Å². The van der Waals surface area contributed by atoms with Crippen LogP contribution in [0.4, 0.5) is 0 Å². The number of aliphatic carboxylic acids is 2. The highest BCUT2D eigenvalue weighted by Gasteiger charge is 2.09. The Kier molecular flexibility index (Phi) is 10.2. The van der Waals surface area contributed by atoms with Crippen molar-refractivity contribution in [1.29, 1.82) is 0 Å². The van der Waals surface area contributed by atoms with Crippen molar-refractivity contribution in [2.75, 3.05) is 19.6 Å². The first-order valence-electron chi connectivity index (χ1n) is 9.54. The summed E-state index contributed by atoms with van der Waals surface area (Å²) in [6, 6.07) is 5.59. The average Bonchev–Trinajstić information content (AvgIpc) is 3.07. The van der Waals surface area contributed by atoms with Crippen LogP contribution in [0.1, 0.15) is 42.6 Å². The number of primary amides is 1. The van der Waals surface area contributed by atoms with E-state index in [1.165, 1.54) is 18.4 Å². The number of carbonyl (C=O) groups excluding carboxylic acids is 1. The number of nitrogens with one attached hydrogen (secondary N) is 1. The zero-order valence-corrected chi connectivity index (χ0v) is 16.9. The quantitative estimate of drug-likeness (QED) is 0.450. The van der Waals surface area contributed by atoms with E-state index in [9.17, 15) is 14.4 Å². The van der Waals surface area contributed by atoms with Gasteiger partial charge < -0.3 is 25.8 Å². The predicted octanol–water partition coefficient (Wildman–Crippen LogP) is 2.64. The van der Waals surface area contributed by atoms with Crippen LogP contribution < -0.4 is 5.73 Å². The number of hydrogen-bond acceptors (Lipinski definition) is 4. The Morgan fingerprint density at radius 3 is 2.10 bits per heavy atom. The van der Waals surface area contributed by atoms with Crippen LogP contribution in [0.3, 0.4) is 0 Å². The first-order chi connectivity index (χ1) is 13.8. The Hall–Kier alpha value is -3.13. The largest absolute Gasteiger partial charge is 0.478 e. The monoisotopic (exact) mass is 403 g/mol. The minimum Gasteiger partial charge on any atom is -0.478 e. The minimum absolute atomic E-state index is 0.373. The van der Waals surface area contributed by atoms with Crippen molar-refractivity contribution in [1.82, 2.24) is 9.88 Å². The van der Waals surface area contributed by atoms with Crippen LogP contribution in [0.2, 0.25) is 0 Å². The van der Waals surface area contributed by atoms with E-state index in [1.807, 2.05) is 18.3 Å². The fraction of sp³-hybridized carbons (Fsp3) is 0.381. The molecule has 1 aromatic carbocycles. The summed E-state index contributed by atoms with van der Waals surface area (Å²) in [6.45, 7) is 7.77. The van der Waals surface area contributed by atoms with Crippen molar-refractivity contribution in [3.63, 3.8) is 0 Å². The van der Waals surface area contributed by atoms with E-state index in [0.29, 0.717) is 17.7 Å². The summed E-state index contributed by atoms with van der Waals surface area (Å²) in [4.78, 5) is 36.2. The maximum absolute atomic E-state index is 11.3. The van der Waals surface area contributed by atoms with Crippen LogP contribution in [0.25, 0.3) is 10.9 Å². The zero-order valence-electron chi connectivity index (χ0n) is 16.9. The van der Waals surface area contributed by atoms with Crippen molar-refractivity contribution in [2.45, 2.75) is 33.1 Å². The van der Waals surface area contributed by atoms with Crippen LogP contribution in [0.5, 0.6) is 0 Å². The Balaban J connectivity index is 0.000000447. The lowest BCUT2D eigenvalue weighted by Crippen LogP contribution is -2.27. The second-order valence-corrected chi connectivity index (χ2v) is 6.54. The summed E-state index contributed by atoms with van der Waals surface area (Å²) in [5.41, 5.74) is 8.26. The number of fused-ring (bicyclic) bond motifs is 1. The van der Waals surface area contributed by atoms with Crippen molar-refractivity contribution >= 4 is 28.7 Å². The molecule has 8 nitrogen and oxygen atoms in total. The molecule has 2 rings (SSSR count). The molecule has 1 aromatic heterocycles. The number of hydrogen-bond donors (Lipinski definition) is 4. The molecule has 0 fully saturated rings. The molecule has 8 heteroatoms. The molecule has 158 valence electrons. The molecule has 0 saturated heterocycles. The number of amides is 1. The van der Waals surface area contributed by atoms with Crippen LogP contribution in [0.15, 0.2) is 36.5 Å². The van der Waals surface area contributed by atoms with Gasteiger partial charge in [-0.1, -0.05) is 13.8 Å². The van der Waals surface area contributed by atoms with Gasteiger partial charge in [-0.15, -0.1) is 0 Å². The molecular weight excluding hydrogens is 374 g/mol. The molecule has 0 bridgehead atoms. The summed E-state index contributed by atoms with van der Waals surface area (Å²) in [7, 11) is 0. The van der Waals surface area contributed by atoms with Gasteiger partial charge in [0.05, 0.1) is 0 Å². The first-order valence-corrected chi connectivity index (χ1v) is 9.54. The topological polar surface area (TPSA) is 137 Å². The van der Waals surface area contributed by atoms with Gasteiger partial charge in [0.25, 0.3) is 0 Å². The van der Waals surface area contributed by atoms with E-state index in [4.69, 9.17) is 15.9 Å². The lowest BCUT2D eigenvalue weighted by atomic mass is 10.1. The fourth-order valence-corrected chi connectivity index (χ4v) is 2.93. The van der Waals surface area contributed by atoms with Crippen LogP contribution >= 0.6 is 0 Å². The van der Waals surface area contributed by atoms with Gasteiger partial charge in [-0.3, -0.25) is 4.79 Å². The highest BCUT2D eigenvalue weighted by Crippen LogP contribution is 2.20. The lowest BCUT2D eigenvalue weighted by molar-refractivity contribution is -0.134. The second-order valence-electron chi connectivity index (χ2n) is 6.54. The molecule has 2 aromatic rings. The Morgan fingerprint density at radius 2 is 1.62 bits per heavy atom. The van der Waals surface area contributed by atoms with Crippen molar-refractivity contribution in [3.8, 4) is 0 Å². The number of nitrogens with zero attached hydrogens (tertiary/aromatic N) is 1. The maximum Gasteiger partial charge on any atom is 0.328 e. The highest BCUT2D eigenvalue weighted by molar-refractivity contribution is 5.97. The number of H-pyrrole nitrogens is 1. The van der Waals surface area contributed by atoms with Gasteiger partial charge in [0.1, 0.15) is 0 Å². The molecule has 1 heterocycles. The number of benzene rings is 1. The van der Waals surface area contributed by atoms with E-state index in [2.05, 4.69) is 23.7 Å². The molecule has 29 heavy (non-hydrogen) atoms. The summed E-state index contributed by atoms with van der Waals surface area (Å²) < 4.78 is 0. The SMILES string of the molecule is CCCN(CCC)CCc1c[nH]c2ccc(C(N)=O)cc12.O=C(O)/C=C\C(=O)O. The number of aromatic nitrogens is 1. The van der Waals surface area contributed by atoms with E-state index in [-0.39, 0.29) is 5.91 Å². The molecule has 5 N–H and O–H groups in total. The van der Waals surface area contributed by atoms with Gasteiger partial charge in [0, 0.05) is 41.4 Å². The third kappa shape index (κ3) is 8.61. The normalized spacial score (nSPS) is 10.9. The second kappa shape index (κ2) is 12.4. The standard InChI is InChI=1S/C17H25N3O.C4H4O4/c1-3-8-20(9-4-2)10-7-14-12-19-16-6-5-13(17(18)21)11-15(14)16;5-3(6)1-2-4(7)8/h5-6,11-12,19H,3-4,7-10H2,1-2H3,(H2,18,21);1-2H,(H,5,6)(H,7,8)/b;2-1-. The zero-order chi connectivity index (χ0) is 21.8. The van der Waals surface area contributed by atoms with Gasteiger partial charge >= 0.3 is 11.9 Å². The third-order valence-electron chi connectivity index (χ3n) is 4.20. The number of carboxylic acids is 2. The van der Waals surface area contributed by atoms with E-state index in [0.717, 1.165) is 37.0 Å². The molecule has 0 aliphatic heterocycles. The van der Waals surface area contributed by atoms with Crippen LogP contribution in [-0.4, -0.2) is 57.6 Å². The summed E-state index contributed by atoms with van der Waals surface area (Å²) in [5.74, 6) is -2.89. The van der Waals surface area contributed by atoms with E-state index >= 15 is 0 Å². The van der Waals surface area contributed by atoms with Crippen molar-refractivity contribution in [2.24, 2.45) is 5.73 Å². The van der Waals surface area contributed by atoms with Crippen LogP contribution in [-0.2, 0) is 16.0 Å². The lowest BCUT2D eigenvalue weighted by Gasteiger charge is -2.20. The highest BCUT2D eigenvalue weighted by atomic mass is 16.4. The van der Waals surface area contributed by atoms with E-state index in [1.54, 1.807) is 6.07 Å². The number of carbonyl (C=O) groups is 3. The number of aromatic amines is 1. The third-order valence-corrected chi connectivity index (χ3v) is 4.20. The smallest absolute Gasteiger partial charge is 0.328 e.